The molecule has 0 aromatic carbocycles. The van der Waals surface area contributed by atoms with E-state index < -0.39 is 41.6 Å². The molecule has 1 aliphatic carbocycles. The van der Waals surface area contributed by atoms with Gasteiger partial charge in [0.2, 0.25) is 11.8 Å². The third kappa shape index (κ3) is 3.82. The minimum Gasteiger partial charge on any atom is -0.481 e. The second-order valence-corrected chi connectivity index (χ2v) is 11.6. The van der Waals surface area contributed by atoms with Crippen LogP contribution < -0.4 is 0 Å². The molecule has 4 fully saturated rings. The van der Waals surface area contributed by atoms with E-state index in [1.807, 2.05) is 18.7 Å². The number of nitrogens with zero attached hydrogens (tertiary/aromatic N) is 2. The maximum absolute atomic E-state index is 14.4. The van der Waals surface area contributed by atoms with Crippen LogP contribution >= 0.6 is 15.9 Å². The van der Waals surface area contributed by atoms with Crippen molar-refractivity contribution in [2.24, 2.45) is 17.8 Å². The first-order valence-electron chi connectivity index (χ1n) is 12.6. The van der Waals surface area contributed by atoms with E-state index in [0.717, 1.165) is 32.1 Å². The van der Waals surface area contributed by atoms with Crippen molar-refractivity contribution in [3.8, 4) is 0 Å². The molecule has 3 unspecified atom stereocenters. The van der Waals surface area contributed by atoms with Gasteiger partial charge in [-0.05, 0) is 25.2 Å². The lowest BCUT2D eigenvalue weighted by Gasteiger charge is -2.43. The molecule has 9 heteroatoms. The fourth-order valence-electron chi connectivity index (χ4n) is 6.91. The normalized spacial score (nSPS) is 36.9. The standard InChI is InChI=1S/C25H37BrN2O6/c1-4-11-27(15-9-7-6-8-10-15)23(31)21-25-12-16(26)20(34-25)18(24(32)33)19(25)22(30)28(21)17(13-29)14(3)5-2/h4,14-21,29H,1,5-13H2,2-3H3,(H,32,33)/t14-,16?,17-,18-,19-,20-,21?,25?/m0/s1. The Bertz CT molecular complexity index is 832. The molecule has 0 aromatic heterocycles. The fourth-order valence-corrected chi connectivity index (χ4v) is 7.85. The molecule has 0 aromatic rings. The van der Waals surface area contributed by atoms with Crippen molar-refractivity contribution in [1.29, 1.82) is 0 Å². The summed E-state index contributed by atoms with van der Waals surface area (Å²) in [5.74, 6) is -3.70. The second-order valence-electron chi connectivity index (χ2n) is 10.5. The first kappa shape index (κ1) is 25.6. The van der Waals surface area contributed by atoms with Crippen LogP contribution in [0, 0.1) is 17.8 Å². The van der Waals surface area contributed by atoms with Gasteiger partial charge in [-0.3, -0.25) is 14.4 Å². The average Bonchev–Trinajstić information content (AvgIpc) is 3.42. The highest BCUT2D eigenvalue weighted by atomic mass is 79.9. The molecule has 3 aliphatic heterocycles. The first-order valence-corrected chi connectivity index (χ1v) is 13.5. The number of likely N-dealkylation sites (tertiary alicyclic amines) is 1. The predicted octanol–water partition coefficient (Wildman–Crippen LogP) is 2.57. The Morgan fingerprint density at radius 1 is 1.35 bits per heavy atom. The highest BCUT2D eigenvalue weighted by Gasteiger charge is 2.77. The van der Waals surface area contributed by atoms with Crippen molar-refractivity contribution >= 4 is 33.7 Å². The van der Waals surface area contributed by atoms with E-state index in [-0.39, 0.29) is 35.2 Å². The number of aliphatic hydroxyl groups is 1. The van der Waals surface area contributed by atoms with Crippen LogP contribution in [0.2, 0.25) is 0 Å². The van der Waals surface area contributed by atoms with Crippen LogP contribution in [0.1, 0.15) is 58.8 Å². The molecule has 2 bridgehead atoms. The van der Waals surface area contributed by atoms with Crippen LogP contribution in [-0.4, -0.2) is 85.6 Å². The van der Waals surface area contributed by atoms with Crippen molar-refractivity contribution in [3.63, 3.8) is 0 Å². The van der Waals surface area contributed by atoms with Gasteiger partial charge < -0.3 is 24.7 Å². The van der Waals surface area contributed by atoms with E-state index in [2.05, 4.69) is 22.5 Å². The van der Waals surface area contributed by atoms with Crippen molar-refractivity contribution in [2.75, 3.05) is 13.2 Å². The quantitative estimate of drug-likeness (QED) is 0.343. The Morgan fingerprint density at radius 2 is 2.03 bits per heavy atom. The van der Waals surface area contributed by atoms with Gasteiger partial charge in [0.05, 0.1) is 30.6 Å². The van der Waals surface area contributed by atoms with Gasteiger partial charge in [0.25, 0.3) is 0 Å². The number of fused-ring (bicyclic) bond motifs is 1. The zero-order valence-electron chi connectivity index (χ0n) is 20.1. The zero-order valence-corrected chi connectivity index (χ0v) is 21.7. The number of carboxylic acids is 1. The molecular formula is C25H37BrN2O6. The Morgan fingerprint density at radius 3 is 2.59 bits per heavy atom. The van der Waals surface area contributed by atoms with Crippen molar-refractivity contribution in [2.45, 2.75) is 93.5 Å². The van der Waals surface area contributed by atoms with Gasteiger partial charge in [0.15, 0.2) is 0 Å². The number of rotatable bonds is 9. The number of carbonyl (C=O) groups excluding carboxylic acids is 2. The summed E-state index contributed by atoms with van der Waals surface area (Å²) in [5, 5.41) is 20.4. The highest BCUT2D eigenvalue weighted by Crippen LogP contribution is 2.60. The third-order valence-corrected chi connectivity index (χ3v) is 9.56. The number of aliphatic hydroxyl groups excluding tert-OH is 1. The zero-order chi connectivity index (χ0) is 24.8. The Hall–Kier alpha value is -1.45. The Balaban J connectivity index is 1.81. The minimum absolute atomic E-state index is 0.0523. The Kier molecular flexibility index (Phi) is 7.46. The molecule has 3 saturated heterocycles. The number of carboxylic acid groups (broad SMARTS) is 1. The molecule has 0 radical (unpaired) electrons. The van der Waals surface area contributed by atoms with Crippen LogP contribution in [0.15, 0.2) is 12.7 Å². The molecule has 4 rings (SSSR count). The lowest BCUT2D eigenvalue weighted by molar-refractivity contribution is -0.155. The smallest absolute Gasteiger partial charge is 0.310 e. The lowest BCUT2D eigenvalue weighted by atomic mass is 9.70. The topological polar surface area (TPSA) is 107 Å². The van der Waals surface area contributed by atoms with E-state index in [9.17, 15) is 24.6 Å². The summed E-state index contributed by atoms with van der Waals surface area (Å²) < 4.78 is 6.38. The van der Waals surface area contributed by atoms with E-state index >= 15 is 0 Å². The summed E-state index contributed by atoms with van der Waals surface area (Å²) in [6.45, 7) is 7.85. The van der Waals surface area contributed by atoms with E-state index in [0.29, 0.717) is 19.4 Å². The predicted molar refractivity (Wildman–Crippen MR) is 129 cm³/mol. The van der Waals surface area contributed by atoms with Gasteiger partial charge in [0.1, 0.15) is 11.6 Å². The second kappa shape index (κ2) is 9.90. The van der Waals surface area contributed by atoms with Crippen LogP contribution in [0.3, 0.4) is 0 Å². The SMILES string of the molecule is C=CCN(C(=O)C1N([C@@H](CO)[C@@H](C)CC)C(=O)[C@@H]2[C@H](C(=O)O)[C@H]3OC12CC3Br)C1CCCCC1. The first-order chi connectivity index (χ1) is 16.2. The third-order valence-electron chi connectivity index (χ3n) is 8.72. The summed E-state index contributed by atoms with van der Waals surface area (Å²) in [6.07, 6.45) is 7.16. The van der Waals surface area contributed by atoms with E-state index in [4.69, 9.17) is 4.74 Å². The molecule has 1 saturated carbocycles. The minimum atomic E-state index is -1.22. The van der Waals surface area contributed by atoms with Gasteiger partial charge in [0, 0.05) is 17.4 Å². The molecule has 8 atom stereocenters. The van der Waals surface area contributed by atoms with Gasteiger partial charge in [-0.25, -0.2) is 0 Å². The van der Waals surface area contributed by atoms with Crippen LogP contribution in [0.4, 0.5) is 0 Å². The molecule has 1 spiro atoms. The van der Waals surface area contributed by atoms with Gasteiger partial charge in [-0.15, -0.1) is 6.58 Å². The molecular weight excluding hydrogens is 504 g/mol. The van der Waals surface area contributed by atoms with Crippen LogP contribution in [-0.2, 0) is 19.1 Å². The van der Waals surface area contributed by atoms with Gasteiger partial charge in [-0.2, -0.15) is 0 Å². The molecule has 34 heavy (non-hydrogen) atoms. The number of ether oxygens (including phenoxy) is 1. The molecule has 2 amide bonds. The summed E-state index contributed by atoms with van der Waals surface area (Å²) in [5.41, 5.74) is -1.22. The number of hydrogen-bond acceptors (Lipinski definition) is 5. The summed E-state index contributed by atoms with van der Waals surface area (Å²) in [6, 6.07) is -1.50. The number of hydrogen-bond donors (Lipinski definition) is 2. The maximum atomic E-state index is 14.4. The molecule has 3 heterocycles. The lowest BCUT2D eigenvalue weighted by Crippen LogP contribution is -2.61. The van der Waals surface area contributed by atoms with Crippen molar-refractivity contribution < 1.29 is 29.3 Å². The van der Waals surface area contributed by atoms with Gasteiger partial charge >= 0.3 is 5.97 Å². The van der Waals surface area contributed by atoms with Gasteiger partial charge in [-0.1, -0.05) is 61.5 Å². The summed E-state index contributed by atoms with van der Waals surface area (Å²) >= 11 is 3.58. The largest absolute Gasteiger partial charge is 0.481 e. The summed E-state index contributed by atoms with van der Waals surface area (Å²) in [7, 11) is 0. The number of halogens is 1. The number of alkyl halides is 1. The number of aliphatic carboxylic acids is 1. The molecule has 8 nitrogen and oxygen atoms in total. The van der Waals surface area contributed by atoms with Crippen LogP contribution in [0.25, 0.3) is 0 Å². The molecule has 190 valence electrons. The van der Waals surface area contributed by atoms with Crippen molar-refractivity contribution in [1.82, 2.24) is 9.80 Å². The van der Waals surface area contributed by atoms with Crippen molar-refractivity contribution in [3.05, 3.63) is 12.7 Å². The van der Waals surface area contributed by atoms with Crippen LogP contribution in [0.5, 0.6) is 0 Å². The summed E-state index contributed by atoms with van der Waals surface area (Å²) in [4.78, 5) is 43.7. The Labute approximate surface area is 209 Å². The van der Waals surface area contributed by atoms with E-state index in [1.165, 1.54) is 4.90 Å². The number of carbonyl (C=O) groups is 3. The molecule has 2 N–H and O–H groups in total. The molecule has 4 aliphatic rings. The highest BCUT2D eigenvalue weighted by molar-refractivity contribution is 9.09. The van der Waals surface area contributed by atoms with E-state index in [1.54, 1.807) is 6.08 Å². The maximum Gasteiger partial charge on any atom is 0.310 e. The monoisotopic (exact) mass is 540 g/mol. The number of amides is 2. The average molecular weight is 541 g/mol. The fraction of sp³-hybridized carbons (Fsp3) is 0.800.